The Labute approximate surface area is 194 Å². The Hall–Kier alpha value is -3.25. The summed E-state index contributed by atoms with van der Waals surface area (Å²) in [5.74, 6) is -9.61. The van der Waals surface area contributed by atoms with Crippen molar-refractivity contribution in [2.45, 2.75) is 37.2 Å². The topological polar surface area (TPSA) is 202 Å². The summed E-state index contributed by atoms with van der Waals surface area (Å²) in [7, 11) is 1.48. The summed E-state index contributed by atoms with van der Waals surface area (Å²) in [5.41, 5.74) is -1.82. The summed E-state index contributed by atoms with van der Waals surface area (Å²) in [4.78, 5) is 40.2. The van der Waals surface area contributed by atoms with Crippen molar-refractivity contribution in [2.24, 2.45) is 17.6 Å². The summed E-state index contributed by atoms with van der Waals surface area (Å²) in [6.45, 7) is 3.14. The van der Waals surface area contributed by atoms with Crippen LogP contribution in [0.25, 0.3) is 0 Å². The average molecular weight is 474 g/mol. The van der Waals surface area contributed by atoms with Gasteiger partial charge in [0.1, 0.15) is 22.8 Å². The molecule has 182 valence electrons. The summed E-state index contributed by atoms with van der Waals surface area (Å²) in [6, 6.07) is 2.57. The molecule has 0 aliphatic heterocycles. The number of aliphatic hydroxyl groups excluding tert-OH is 3. The maximum absolute atomic E-state index is 13.4. The molecule has 0 radical (unpaired) electrons. The predicted octanol–water partition coefficient (Wildman–Crippen LogP) is -0.853. The van der Waals surface area contributed by atoms with E-state index in [9.17, 15) is 45.0 Å². The number of primary amides is 1. The van der Waals surface area contributed by atoms with Crippen LogP contribution in [0.4, 0.5) is 0 Å². The number of hydrogen-bond donors (Lipinski definition) is 7. The Morgan fingerprint density at radius 3 is 2.35 bits per heavy atom. The maximum atomic E-state index is 13.4. The van der Waals surface area contributed by atoms with Gasteiger partial charge in [0, 0.05) is 0 Å². The van der Waals surface area contributed by atoms with Crippen LogP contribution in [0, 0.1) is 11.8 Å². The normalized spacial score (nSPS) is 35.3. The van der Waals surface area contributed by atoms with Gasteiger partial charge in [0.25, 0.3) is 5.91 Å². The molecule has 4 unspecified atom stereocenters. The highest BCUT2D eigenvalue weighted by molar-refractivity contribution is 6.25. The largest absolute Gasteiger partial charge is 0.510 e. The minimum atomic E-state index is -3.02. The Balaban J connectivity index is 2.10. The van der Waals surface area contributed by atoms with Crippen molar-refractivity contribution in [2.75, 3.05) is 13.6 Å². The van der Waals surface area contributed by atoms with Crippen LogP contribution in [0.2, 0.25) is 0 Å². The molecule has 0 heterocycles. The van der Waals surface area contributed by atoms with Crippen molar-refractivity contribution in [3.05, 3.63) is 52.0 Å². The highest BCUT2D eigenvalue weighted by Gasteiger charge is 2.69. The van der Waals surface area contributed by atoms with Gasteiger partial charge in [-0.15, -0.1) is 0 Å². The van der Waals surface area contributed by atoms with Gasteiger partial charge in [0.05, 0.1) is 40.7 Å². The number of aromatic hydroxyl groups is 1. The second-order valence-electron chi connectivity index (χ2n) is 9.17. The number of phenolic OH excluding ortho intramolecular Hbond substituents is 1. The van der Waals surface area contributed by atoms with Crippen molar-refractivity contribution in [1.82, 2.24) is 4.90 Å². The van der Waals surface area contributed by atoms with Crippen LogP contribution in [0.5, 0.6) is 5.75 Å². The number of amides is 1. The molecule has 3 aliphatic carbocycles. The highest BCUT2D eigenvalue weighted by Crippen LogP contribution is 2.56. The molecule has 8 N–H and O–H groups in total. The van der Waals surface area contributed by atoms with E-state index in [0.717, 1.165) is 0 Å². The summed E-state index contributed by atoms with van der Waals surface area (Å²) in [5, 5.41) is 67.0. The number of phenols is 1. The summed E-state index contributed by atoms with van der Waals surface area (Å²) < 4.78 is 0. The van der Waals surface area contributed by atoms with Crippen molar-refractivity contribution < 1.29 is 45.0 Å². The third-order valence-corrected chi connectivity index (χ3v) is 7.45. The number of hydrogen-bond acceptors (Lipinski definition) is 10. The van der Waals surface area contributed by atoms with E-state index >= 15 is 0 Å². The molecule has 1 aromatic rings. The number of fused-ring (bicyclic) bond motifs is 3. The smallest absolute Gasteiger partial charge is 0.255 e. The van der Waals surface area contributed by atoms with Gasteiger partial charge in [-0.1, -0.05) is 19.1 Å². The number of carbonyl (C=O) groups is 3. The zero-order valence-electron chi connectivity index (χ0n) is 18.7. The van der Waals surface area contributed by atoms with E-state index in [1.165, 1.54) is 37.1 Å². The van der Waals surface area contributed by atoms with E-state index in [2.05, 4.69) is 0 Å². The number of Topliss-reactive ketones (excluding diaryl/α,β-unsaturated/α-hetero) is 2. The third kappa shape index (κ3) is 2.69. The van der Waals surface area contributed by atoms with Crippen molar-refractivity contribution in [1.29, 1.82) is 0 Å². The predicted molar refractivity (Wildman–Crippen MR) is 116 cm³/mol. The number of benzene rings is 1. The van der Waals surface area contributed by atoms with Gasteiger partial charge in [0.2, 0.25) is 5.78 Å². The second-order valence-corrected chi connectivity index (χ2v) is 9.17. The lowest BCUT2D eigenvalue weighted by molar-refractivity contribution is -0.174. The molecule has 1 aromatic carbocycles. The molecule has 0 bridgehead atoms. The molecule has 0 fully saturated rings. The average Bonchev–Trinajstić information content (AvgIpc) is 2.75. The number of ketones is 2. The molecule has 11 nitrogen and oxygen atoms in total. The summed E-state index contributed by atoms with van der Waals surface area (Å²) in [6.07, 6.45) is -1.87. The first-order chi connectivity index (χ1) is 15.7. The zero-order valence-corrected chi connectivity index (χ0v) is 18.7. The van der Waals surface area contributed by atoms with Crippen LogP contribution >= 0.6 is 0 Å². The molecule has 0 spiro atoms. The Morgan fingerprint density at radius 2 is 1.79 bits per heavy atom. The van der Waals surface area contributed by atoms with E-state index in [-0.39, 0.29) is 17.7 Å². The van der Waals surface area contributed by atoms with Crippen LogP contribution in [0.3, 0.4) is 0 Å². The van der Waals surface area contributed by atoms with Crippen LogP contribution < -0.4 is 5.73 Å². The lowest BCUT2D eigenvalue weighted by Crippen LogP contribution is -2.70. The SMILES string of the molecule is CCN(C)[C@@H]1C(O)=C(C(N)=O)C(=O)[C@@]2(O)C(O)=C3C(=O)c4c(O)cccc4C(C)(O)C3C(O)C12. The standard InChI is InChI=1S/C23H26N2O9/c1-4-25(3)15-14-18(29)13-11(16(27)10-8(22(13,2)33)6-5-7-9(10)26)19(30)23(14,34)20(31)12(17(15)28)21(24)32/h5-7,13-15,18,26,28-30,33-34H,4H2,1-3H3,(H2,24,32)/t13?,14?,15-,18?,22?,23-/m0/s1. The van der Waals surface area contributed by atoms with Crippen molar-refractivity contribution in [3.63, 3.8) is 0 Å². The fourth-order valence-corrected chi connectivity index (χ4v) is 5.72. The van der Waals surface area contributed by atoms with Gasteiger partial charge >= 0.3 is 0 Å². The molecule has 34 heavy (non-hydrogen) atoms. The third-order valence-electron chi connectivity index (χ3n) is 7.45. The molecule has 11 heteroatoms. The van der Waals surface area contributed by atoms with E-state index in [4.69, 9.17) is 5.73 Å². The maximum Gasteiger partial charge on any atom is 0.255 e. The molecule has 3 aliphatic rings. The second kappa shape index (κ2) is 7.37. The highest BCUT2D eigenvalue weighted by atomic mass is 16.4. The Morgan fingerprint density at radius 1 is 1.18 bits per heavy atom. The molecule has 4 rings (SSSR count). The fraction of sp³-hybridized carbons (Fsp3) is 0.435. The van der Waals surface area contributed by atoms with Gasteiger partial charge in [0.15, 0.2) is 11.4 Å². The number of rotatable bonds is 3. The lowest BCUT2D eigenvalue weighted by Gasteiger charge is -2.55. The monoisotopic (exact) mass is 474 g/mol. The molecule has 6 atom stereocenters. The van der Waals surface area contributed by atoms with Gasteiger partial charge < -0.3 is 36.4 Å². The molecule has 0 saturated carbocycles. The Kier molecular flexibility index (Phi) is 5.18. The quantitative estimate of drug-likeness (QED) is 0.270. The van der Waals surface area contributed by atoms with E-state index in [1.807, 2.05) is 0 Å². The first kappa shape index (κ1) is 23.9. The number of aliphatic hydroxyl groups is 5. The zero-order chi connectivity index (χ0) is 25.5. The van der Waals surface area contributed by atoms with Crippen LogP contribution in [0.15, 0.2) is 40.9 Å². The van der Waals surface area contributed by atoms with E-state index in [0.29, 0.717) is 0 Å². The molecular formula is C23H26N2O9. The number of likely N-dealkylation sites (N-methyl/N-ethyl adjacent to an activating group) is 1. The summed E-state index contributed by atoms with van der Waals surface area (Å²) >= 11 is 0. The minimum absolute atomic E-state index is 0.0244. The number of nitrogens with two attached hydrogens (primary N) is 1. The van der Waals surface area contributed by atoms with Crippen LogP contribution in [-0.2, 0) is 15.2 Å². The number of nitrogens with zero attached hydrogens (tertiary/aromatic N) is 1. The molecular weight excluding hydrogens is 448 g/mol. The molecule has 0 saturated heterocycles. The van der Waals surface area contributed by atoms with Gasteiger partial charge in [-0.05, 0) is 32.1 Å². The molecule has 1 amide bonds. The van der Waals surface area contributed by atoms with Gasteiger partial charge in [-0.2, -0.15) is 0 Å². The Bertz CT molecular complexity index is 1200. The van der Waals surface area contributed by atoms with Crippen LogP contribution in [0.1, 0.15) is 29.8 Å². The van der Waals surface area contributed by atoms with E-state index in [1.54, 1.807) is 6.92 Å². The van der Waals surface area contributed by atoms with E-state index < -0.39 is 81.1 Å². The molecule has 0 aromatic heterocycles. The number of carbonyl (C=O) groups excluding carboxylic acids is 3. The first-order valence-corrected chi connectivity index (χ1v) is 10.7. The van der Waals surface area contributed by atoms with Crippen molar-refractivity contribution in [3.8, 4) is 5.75 Å². The fourth-order valence-electron chi connectivity index (χ4n) is 5.72. The van der Waals surface area contributed by atoms with Crippen LogP contribution in [-0.4, -0.2) is 84.4 Å². The van der Waals surface area contributed by atoms with Gasteiger partial charge in [-0.3, -0.25) is 19.3 Å². The lowest BCUT2D eigenvalue weighted by atomic mass is 9.54. The van der Waals surface area contributed by atoms with Crippen molar-refractivity contribution >= 4 is 17.5 Å². The van der Waals surface area contributed by atoms with Gasteiger partial charge in [-0.25, -0.2) is 0 Å². The minimum Gasteiger partial charge on any atom is -0.510 e. The first-order valence-electron chi connectivity index (χ1n) is 10.7.